The van der Waals surface area contributed by atoms with Crippen molar-refractivity contribution in [3.63, 3.8) is 0 Å². The van der Waals surface area contributed by atoms with Gasteiger partial charge in [0.2, 0.25) is 11.8 Å². The van der Waals surface area contributed by atoms with E-state index in [0.717, 1.165) is 16.8 Å². The third-order valence-electron chi connectivity index (χ3n) is 4.86. The number of ketones is 1. The minimum atomic E-state index is -0.555. The molecule has 0 spiro atoms. The maximum atomic E-state index is 12.9. The first-order chi connectivity index (χ1) is 14.8. The number of aliphatic imine (C=N–C) groups is 1. The van der Waals surface area contributed by atoms with Crippen molar-refractivity contribution in [1.29, 1.82) is 0 Å². The van der Waals surface area contributed by atoms with Gasteiger partial charge < -0.3 is 5.32 Å². The maximum Gasteiger partial charge on any atom is 0.242 e. The zero-order chi connectivity index (χ0) is 22.5. The van der Waals surface area contributed by atoms with Gasteiger partial charge >= 0.3 is 0 Å². The van der Waals surface area contributed by atoms with Crippen LogP contribution in [0.15, 0.2) is 60.1 Å². The molecule has 1 aliphatic rings. The second kappa shape index (κ2) is 9.75. The summed E-state index contributed by atoms with van der Waals surface area (Å²) in [6, 6.07) is 12.7. The molecule has 0 saturated carbocycles. The van der Waals surface area contributed by atoms with Crippen molar-refractivity contribution in [1.82, 2.24) is 4.90 Å². The Morgan fingerprint density at radius 2 is 1.90 bits per heavy atom. The average Bonchev–Trinajstić information content (AvgIpc) is 2.99. The van der Waals surface area contributed by atoms with Crippen LogP contribution in [0.25, 0.3) is 0 Å². The van der Waals surface area contributed by atoms with E-state index in [2.05, 4.69) is 16.9 Å². The number of nitrogens with zero attached hydrogens (tertiary/aromatic N) is 2. The standard InChI is InChI=1S/C24H25N3O3S/c1-5-12-27-23(30)21(14-22(29)26-20-11-6-15(2)13-16(20)3)31-24(27)25-19-9-7-18(8-10-19)17(4)28/h5-11,13,21H,1,12,14H2,2-4H3,(H,26,29)/t21-/m1/s1. The molecular weight excluding hydrogens is 410 g/mol. The molecule has 1 fully saturated rings. The molecule has 0 unspecified atom stereocenters. The molecule has 160 valence electrons. The number of rotatable bonds is 7. The summed E-state index contributed by atoms with van der Waals surface area (Å²) in [7, 11) is 0. The van der Waals surface area contributed by atoms with Crippen molar-refractivity contribution in [2.45, 2.75) is 32.4 Å². The van der Waals surface area contributed by atoms with Crippen LogP contribution in [-0.2, 0) is 9.59 Å². The van der Waals surface area contributed by atoms with E-state index >= 15 is 0 Å². The molecule has 2 amide bonds. The number of thioether (sulfide) groups is 1. The molecule has 2 aromatic rings. The Labute approximate surface area is 186 Å². The molecule has 0 bridgehead atoms. The molecule has 6 nitrogen and oxygen atoms in total. The van der Waals surface area contributed by atoms with Crippen molar-refractivity contribution in [2.24, 2.45) is 4.99 Å². The topological polar surface area (TPSA) is 78.8 Å². The smallest absolute Gasteiger partial charge is 0.242 e. The van der Waals surface area contributed by atoms with Crippen molar-refractivity contribution in [2.75, 3.05) is 11.9 Å². The number of hydrogen-bond donors (Lipinski definition) is 1. The van der Waals surface area contributed by atoms with E-state index in [1.807, 2.05) is 32.0 Å². The Morgan fingerprint density at radius 1 is 1.19 bits per heavy atom. The molecule has 2 aromatic carbocycles. The Bertz CT molecular complexity index is 1060. The summed E-state index contributed by atoms with van der Waals surface area (Å²) in [5.41, 5.74) is 4.07. The lowest BCUT2D eigenvalue weighted by Crippen LogP contribution is -2.33. The van der Waals surface area contributed by atoms with Crippen LogP contribution in [0.5, 0.6) is 0 Å². The number of amidine groups is 1. The second-order valence-corrected chi connectivity index (χ2v) is 8.58. The van der Waals surface area contributed by atoms with Crippen molar-refractivity contribution < 1.29 is 14.4 Å². The van der Waals surface area contributed by atoms with Crippen LogP contribution in [0.1, 0.15) is 34.8 Å². The highest BCUT2D eigenvalue weighted by atomic mass is 32.2. The van der Waals surface area contributed by atoms with Crippen molar-refractivity contribution in [3.8, 4) is 0 Å². The predicted molar refractivity (Wildman–Crippen MR) is 126 cm³/mol. The number of benzene rings is 2. The van der Waals surface area contributed by atoms with E-state index < -0.39 is 5.25 Å². The Balaban J connectivity index is 1.74. The van der Waals surface area contributed by atoms with E-state index in [0.29, 0.717) is 23.0 Å². The summed E-state index contributed by atoms with van der Waals surface area (Å²) in [5.74, 6) is -0.406. The number of anilines is 1. The third kappa shape index (κ3) is 5.49. The van der Waals surface area contributed by atoms with Crippen LogP contribution < -0.4 is 5.32 Å². The number of Topliss-reactive ketones (excluding diaryl/α,β-unsaturated/α-hetero) is 1. The van der Waals surface area contributed by atoms with Gasteiger partial charge in [-0.3, -0.25) is 19.3 Å². The summed E-state index contributed by atoms with van der Waals surface area (Å²) >= 11 is 1.27. The summed E-state index contributed by atoms with van der Waals surface area (Å²) in [6.45, 7) is 9.46. The highest BCUT2D eigenvalue weighted by molar-refractivity contribution is 8.15. The fourth-order valence-corrected chi connectivity index (χ4v) is 4.39. The third-order valence-corrected chi connectivity index (χ3v) is 6.03. The minimum Gasteiger partial charge on any atom is -0.326 e. The monoisotopic (exact) mass is 435 g/mol. The van der Waals surface area contributed by atoms with E-state index in [-0.39, 0.29) is 24.0 Å². The number of hydrogen-bond acceptors (Lipinski definition) is 5. The number of amides is 2. The molecule has 3 rings (SSSR count). The molecule has 1 atom stereocenters. The lowest BCUT2D eigenvalue weighted by molar-refractivity contribution is -0.127. The molecule has 1 saturated heterocycles. The van der Waals surface area contributed by atoms with Crippen LogP contribution >= 0.6 is 11.8 Å². The van der Waals surface area contributed by atoms with E-state index in [9.17, 15) is 14.4 Å². The quantitative estimate of drug-likeness (QED) is 0.507. The summed E-state index contributed by atoms with van der Waals surface area (Å²) in [5, 5.41) is 2.86. The molecule has 1 N–H and O–H groups in total. The molecule has 0 aromatic heterocycles. The molecule has 0 radical (unpaired) electrons. The van der Waals surface area contributed by atoms with E-state index in [1.165, 1.54) is 23.6 Å². The van der Waals surface area contributed by atoms with Crippen molar-refractivity contribution in [3.05, 3.63) is 71.8 Å². The van der Waals surface area contributed by atoms with Gasteiger partial charge in [-0.05, 0) is 56.7 Å². The van der Waals surface area contributed by atoms with Gasteiger partial charge in [0.15, 0.2) is 11.0 Å². The van der Waals surface area contributed by atoms with Gasteiger partial charge in [0, 0.05) is 24.2 Å². The van der Waals surface area contributed by atoms with Crippen molar-refractivity contribution >= 4 is 45.9 Å². The van der Waals surface area contributed by atoms with Crippen LogP contribution in [0.2, 0.25) is 0 Å². The summed E-state index contributed by atoms with van der Waals surface area (Å²) in [4.78, 5) is 43.0. The average molecular weight is 436 g/mol. The first kappa shape index (κ1) is 22.5. The Kier molecular flexibility index (Phi) is 7.07. The fourth-order valence-electron chi connectivity index (χ4n) is 3.23. The zero-order valence-corrected chi connectivity index (χ0v) is 18.7. The van der Waals surface area contributed by atoms with Gasteiger partial charge in [-0.1, -0.05) is 35.5 Å². The van der Waals surface area contributed by atoms with E-state index in [4.69, 9.17) is 0 Å². The van der Waals surface area contributed by atoms with E-state index in [1.54, 1.807) is 30.3 Å². The van der Waals surface area contributed by atoms with Crippen LogP contribution in [0, 0.1) is 13.8 Å². The first-order valence-corrected chi connectivity index (χ1v) is 10.8. The van der Waals surface area contributed by atoms with Crippen LogP contribution in [0.3, 0.4) is 0 Å². The highest BCUT2D eigenvalue weighted by Gasteiger charge is 2.38. The summed E-state index contributed by atoms with van der Waals surface area (Å²) in [6.07, 6.45) is 1.68. The Morgan fingerprint density at radius 3 is 2.52 bits per heavy atom. The largest absolute Gasteiger partial charge is 0.326 e. The molecule has 1 aliphatic heterocycles. The Hall–Kier alpha value is -3.19. The molecule has 31 heavy (non-hydrogen) atoms. The molecule has 1 heterocycles. The first-order valence-electron chi connectivity index (χ1n) is 9.94. The molecule has 7 heteroatoms. The normalized spacial score (nSPS) is 17.1. The number of carbonyl (C=O) groups excluding carboxylic acids is 3. The van der Waals surface area contributed by atoms with Gasteiger partial charge in [-0.15, -0.1) is 6.58 Å². The zero-order valence-electron chi connectivity index (χ0n) is 17.8. The van der Waals surface area contributed by atoms with Gasteiger partial charge in [0.1, 0.15) is 5.25 Å². The summed E-state index contributed by atoms with van der Waals surface area (Å²) < 4.78 is 0. The molecular formula is C24H25N3O3S. The molecule has 0 aliphatic carbocycles. The SMILES string of the molecule is C=CCN1C(=O)[C@@H](CC(=O)Nc2ccc(C)cc2C)SC1=Nc1ccc(C(C)=O)cc1. The van der Waals surface area contributed by atoms with Crippen LogP contribution in [0.4, 0.5) is 11.4 Å². The number of carbonyl (C=O) groups is 3. The fraction of sp³-hybridized carbons (Fsp3) is 0.250. The highest BCUT2D eigenvalue weighted by Crippen LogP contribution is 2.32. The van der Waals surface area contributed by atoms with Gasteiger partial charge in [-0.2, -0.15) is 0 Å². The van der Waals surface area contributed by atoms with Gasteiger partial charge in [0.25, 0.3) is 0 Å². The number of aryl methyl sites for hydroxylation is 2. The van der Waals surface area contributed by atoms with Crippen LogP contribution in [-0.4, -0.2) is 39.5 Å². The second-order valence-electron chi connectivity index (χ2n) is 7.41. The van der Waals surface area contributed by atoms with Gasteiger partial charge in [0.05, 0.1) is 5.69 Å². The minimum absolute atomic E-state index is 0.0206. The predicted octanol–water partition coefficient (Wildman–Crippen LogP) is 4.65. The number of nitrogens with one attached hydrogen (secondary N) is 1. The lowest BCUT2D eigenvalue weighted by atomic mass is 10.1. The lowest BCUT2D eigenvalue weighted by Gasteiger charge is -2.14. The van der Waals surface area contributed by atoms with Gasteiger partial charge in [-0.25, -0.2) is 4.99 Å². The maximum absolute atomic E-state index is 12.9.